The fraction of sp³-hybridized carbons (Fsp3) is 0.300. The molecule has 3 N–H and O–H groups in total. The molecule has 0 aliphatic rings. The Bertz CT molecular complexity index is 648. The molecule has 0 saturated heterocycles. The predicted molar refractivity (Wildman–Crippen MR) is 71.7 cm³/mol. The number of hydrogen-bond acceptors (Lipinski definition) is 9. The first kappa shape index (κ1) is 16.7. The third-order valence-corrected chi connectivity index (χ3v) is 2.28. The molecule has 0 fully saturated rings. The first-order valence-electron chi connectivity index (χ1n) is 5.84. The summed E-state index contributed by atoms with van der Waals surface area (Å²) in [5.41, 5.74) is 0.967. The van der Waals surface area contributed by atoms with Crippen molar-refractivity contribution in [1.29, 1.82) is 0 Å². The van der Waals surface area contributed by atoms with Gasteiger partial charge >= 0.3 is 11.8 Å². The maximum Gasteiger partial charge on any atom is 0.362 e. The molecular weight excluding hydrogens is 300 g/mol. The van der Waals surface area contributed by atoms with Gasteiger partial charge in [-0.3, -0.25) is 4.79 Å². The summed E-state index contributed by atoms with van der Waals surface area (Å²) >= 11 is 0. The van der Waals surface area contributed by atoms with Crippen molar-refractivity contribution in [2.24, 2.45) is 10.3 Å². The number of carbonyl (C=O) groups is 2. The number of carbonyl (C=O) groups excluding carboxylic acids is 2. The Kier molecular flexibility index (Phi) is 5.68. The van der Waals surface area contributed by atoms with E-state index in [1.165, 1.54) is 6.92 Å². The summed E-state index contributed by atoms with van der Waals surface area (Å²) in [4.78, 5) is 33.0. The molecule has 1 aromatic heterocycles. The lowest BCUT2D eigenvalue weighted by Gasteiger charge is -2.04. The molecule has 0 unspecified atom stereocenters. The standard InChI is InChI=1S/C10H12N6O6/c1-3-22-10(18)7(15-19)5(2)12-14-9(17)6-4-11-13-8(6)16(20)21/h4,19H,3H2,1-2H3,(H,11,13)(H,14,17)/b12-5+,15-7+. The molecule has 0 spiro atoms. The van der Waals surface area contributed by atoms with Crippen molar-refractivity contribution in [3.63, 3.8) is 0 Å². The molecule has 1 aromatic rings. The van der Waals surface area contributed by atoms with E-state index in [1.807, 2.05) is 10.5 Å². The summed E-state index contributed by atoms with van der Waals surface area (Å²) < 4.78 is 4.62. The first-order chi connectivity index (χ1) is 10.4. The van der Waals surface area contributed by atoms with Gasteiger partial charge in [0.25, 0.3) is 5.91 Å². The molecule has 0 aliphatic carbocycles. The van der Waals surface area contributed by atoms with E-state index in [1.54, 1.807) is 6.92 Å². The lowest BCUT2D eigenvalue weighted by molar-refractivity contribution is -0.389. The molecule has 22 heavy (non-hydrogen) atoms. The van der Waals surface area contributed by atoms with E-state index in [2.05, 4.69) is 20.1 Å². The number of nitro groups is 1. The normalized spacial score (nSPS) is 11.9. The van der Waals surface area contributed by atoms with Gasteiger partial charge in [-0.05, 0) is 18.8 Å². The molecule has 12 heteroatoms. The molecule has 0 atom stereocenters. The van der Waals surface area contributed by atoms with Crippen molar-refractivity contribution >= 4 is 29.1 Å². The van der Waals surface area contributed by atoms with Crippen LogP contribution in [0, 0.1) is 10.1 Å². The van der Waals surface area contributed by atoms with E-state index in [0.29, 0.717) is 0 Å². The number of hydrazone groups is 1. The first-order valence-corrected chi connectivity index (χ1v) is 5.84. The van der Waals surface area contributed by atoms with Gasteiger partial charge in [-0.15, -0.1) is 5.10 Å². The number of aromatic amines is 1. The summed E-state index contributed by atoms with van der Waals surface area (Å²) in [7, 11) is 0. The Morgan fingerprint density at radius 3 is 2.82 bits per heavy atom. The van der Waals surface area contributed by atoms with Crippen LogP contribution in [0.25, 0.3) is 0 Å². The summed E-state index contributed by atoms with van der Waals surface area (Å²) in [6.07, 6.45) is 0.949. The Balaban J connectivity index is 2.86. The zero-order chi connectivity index (χ0) is 16.7. The third kappa shape index (κ3) is 3.84. The Labute approximate surface area is 123 Å². The van der Waals surface area contributed by atoms with Crippen molar-refractivity contribution in [3.8, 4) is 0 Å². The van der Waals surface area contributed by atoms with E-state index in [-0.39, 0.29) is 17.9 Å². The molecule has 118 valence electrons. The summed E-state index contributed by atoms with van der Waals surface area (Å²) in [6.45, 7) is 2.88. The average molecular weight is 312 g/mol. The fourth-order valence-electron chi connectivity index (χ4n) is 1.29. The topological polar surface area (TPSA) is 172 Å². The second kappa shape index (κ2) is 7.47. The molecule has 1 heterocycles. The molecule has 0 saturated carbocycles. The lowest BCUT2D eigenvalue weighted by Crippen LogP contribution is -2.28. The molecule has 0 aromatic carbocycles. The van der Waals surface area contributed by atoms with Gasteiger partial charge in [-0.25, -0.2) is 10.2 Å². The van der Waals surface area contributed by atoms with Crippen LogP contribution in [-0.2, 0) is 9.53 Å². The van der Waals surface area contributed by atoms with Crippen LogP contribution in [0.2, 0.25) is 0 Å². The monoisotopic (exact) mass is 312 g/mol. The second-order valence-electron chi connectivity index (χ2n) is 3.70. The number of nitrogens with zero attached hydrogens (tertiary/aromatic N) is 4. The molecule has 12 nitrogen and oxygen atoms in total. The number of esters is 1. The van der Waals surface area contributed by atoms with Crippen LogP contribution in [0.15, 0.2) is 16.5 Å². The van der Waals surface area contributed by atoms with E-state index >= 15 is 0 Å². The maximum atomic E-state index is 11.7. The summed E-state index contributed by atoms with van der Waals surface area (Å²) in [5, 5.41) is 31.1. The summed E-state index contributed by atoms with van der Waals surface area (Å²) in [6, 6.07) is 0. The van der Waals surface area contributed by atoms with Gasteiger partial charge in [0.05, 0.1) is 18.5 Å². The van der Waals surface area contributed by atoms with E-state index in [0.717, 1.165) is 6.20 Å². The van der Waals surface area contributed by atoms with Gasteiger partial charge in [0.15, 0.2) is 5.56 Å². The van der Waals surface area contributed by atoms with Crippen molar-refractivity contribution in [3.05, 3.63) is 21.9 Å². The molecule has 0 radical (unpaired) electrons. The van der Waals surface area contributed by atoms with Gasteiger partial charge in [0, 0.05) is 0 Å². The number of ether oxygens (including phenoxy) is 1. The van der Waals surface area contributed by atoms with Crippen molar-refractivity contribution < 1.29 is 24.5 Å². The highest BCUT2D eigenvalue weighted by Gasteiger charge is 2.22. The number of hydrogen-bond donors (Lipinski definition) is 3. The molecular formula is C10H12N6O6. The number of amides is 1. The fourth-order valence-corrected chi connectivity index (χ4v) is 1.29. The predicted octanol–water partition coefficient (Wildman–Crippen LogP) is -0.183. The number of oxime groups is 1. The highest BCUT2D eigenvalue weighted by atomic mass is 16.6. The van der Waals surface area contributed by atoms with Gasteiger partial charge < -0.3 is 20.1 Å². The van der Waals surface area contributed by atoms with Crippen molar-refractivity contribution in [2.45, 2.75) is 13.8 Å². The van der Waals surface area contributed by atoms with Gasteiger partial charge in [0.2, 0.25) is 5.71 Å². The maximum absolute atomic E-state index is 11.7. The van der Waals surface area contributed by atoms with Gasteiger partial charge in [-0.1, -0.05) is 10.3 Å². The van der Waals surface area contributed by atoms with Crippen LogP contribution in [-0.4, -0.2) is 50.2 Å². The molecule has 0 bridgehead atoms. The minimum Gasteiger partial charge on any atom is -0.461 e. The van der Waals surface area contributed by atoms with Crippen LogP contribution in [0.3, 0.4) is 0 Å². The van der Waals surface area contributed by atoms with Crippen LogP contribution < -0.4 is 5.43 Å². The van der Waals surface area contributed by atoms with Crippen molar-refractivity contribution in [1.82, 2.24) is 15.6 Å². The zero-order valence-electron chi connectivity index (χ0n) is 11.6. The minimum absolute atomic E-state index is 0.0543. The van der Waals surface area contributed by atoms with E-state index in [4.69, 9.17) is 5.21 Å². The largest absolute Gasteiger partial charge is 0.461 e. The van der Waals surface area contributed by atoms with Crippen LogP contribution in [0.4, 0.5) is 5.82 Å². The highest BCUT2D eigenvalue weighted by Crippen LogP contribution is 2.12. The number of nitrogens with one attached hydrogen (secondary N) is 2. The highest BCUT2D eigenvalue weighted by molar-refractivity contribution is 6.65. The smallest absolute Gasteiger partial charge is 0.362 e. The van der Waals surface area contributed by atoms with Crippen LogP contribution in [0.1, 0.15) is 24.2 Å². The average Bonchev–Trinajstić information content (AvgIpc) is 2.95. The SMILES string of the molecule is CCOC(=O)C(=N/O)/C(C)=N/NC(=O)c1cn[nH]c1[N+](=O)[O-]. The van der Waals surface area contributed by atoms with Crippen molar-refractivity contribution in [2.75, 3.05) is 6.61 Å². The summed E-state index contributed by atoms with van der Waals surface area (Å²) in [5.74, 6) is -2.47. The van der Waals surface area contributed by atoms with Crippen LogP contribution in [0.5, 0.6) is 0 Å². The number of rotatable bonds is 6. The molecule has 0 aliphatic heterocycles. The Morgan fingerprint density at radius 2 is 2.27 bits per heavy atom. The zero-order valence-corrected chi connectivity index (χ0v) is 11.6. The molecule has 1 amide bonds. The van der Waals surface area contributed by atoms with Gasteiger partial charge in [0.1, 0.15) is 0 Å². The molecule has 1 rings (SSSR count). The number of H-pyrrole nitrogens is 1. The lowest BCUT2D eigenvalue weighted by atomic mass is 10.2. The Hall–Kier alpha value is -3.31. The van der Waals surface area contributed by atoms with Gasteiger partial charge in [-0.2, -0.15) is 5.10 Å². The van der Waals surface area contributed by atoms with E-state index < -0.39 is 28.3 Å². The minimum atomic E-state index is -0.935. The van der Waals surface area contributed by atoms with E-state index in [9.17, 15) is 19.7 Å². The third-order valence-electron chi connectivity index (χ3n) is 2.28. The number of aromatic nitrogens is 2. The van der Waals surface area contributed by atoms with Crippen LogP contribution >= 0.6 is 0 Å². The Morgan fingerprint density at radius 1 is 1.59 bits per heavy atom. The quantitative estimate of drug-likeness (QED) is 0.215. The second-order valence-corrected chi connectivity index (χ2v) is 3.70.